The molecule has 0 spiro atoms. The molecular formula is C17H21N5O2. The lowest BCUT2D eigenvalue weighted by Gasteiger charge is -2.08. The highest BCUT2D eigenvalue weighted by atomic mass is 16.2. The van der Waals surface area contributed by atoms with Crippen LogP contribution in [0.5, 0.6) is 0 Å². The second-order valence-electron chi connectivity index (χ2n) is 5.29. The van der Waals surface area contributed by atoms with Crippen molar-refractivity contribution in [1.82, 2.24) is 9.97 Å². The topological polar surface area (TPSA) is 96.0 Å². The van der Waals surface area contributed by atoms with Crippen LogP contribution in [0.3, 0.4) is 0 Å². The lowest BCUT2D eigenvalue weighted by atomic mass is 10.2. The second-order valence-corrected chi connectivity index (χ2v) is 5.29. The molecule has 0 unspecified atom stereocenters. The lowest BCUT2D eigenvalue weighted by Crippen LogP contribution is -2.14. The summed E-state index contributed by atoms with van der Waals surface area (Å²) in [5, 5.41) is 8.51. The zero-order chi connectivity index (χ0) is 17.4. The van der Waals surface area contributed by atoms with E-state index in [1.165, 1.54) is 19.3 Å². The molecule has 0 fully saturated rings. The standard InChI is InChI=1S/C17H21N5O2/c1-3-4-8-18-17-19-10-13(11-20-17)16(24)22-15-7-5-6-14(9-15)21-12(2)23/h5-7,9-11H,3-4,8H2,1-2H3,(H,21,23)(H,22,24)(H,18,19,20). The number of benzene rings is 1. The summed E-state index contributed by atoms with van der Waals surface area (Å²) in [6.45, 7) is 4.34. The van der Waals surface area contributed by atoms with Gasteiger partial charge in [0, 0.05) is 37.2 Å². The van der Waals surface area contributed by atoms with Gasteiger partial charge in [-0.05, 0) is 24.6 Å². The zero-order valence-electron chi connectivity index (χ0n) is 13.8. The number of hydrogen-bond acceptors (Lipinski definition) is 5. The average molecular weight is 327 g/mol. The third-order valence-corrected chi connectivity index (χ3v) is 3.17. The van der Waals surface area contributed by atoms with Crippen molar-refractivity contribution >= 4 is 29.1 Å². The molecule has 0 aliphatic carbocycles. The van der Waals surface area contributed by atoms with Crippen LogP contribution in [-0.2, 0) is 4.79 Å². The fraction of sp³-hybridized carbons (Fsp3) is 0.294. The molecule has 7 nitrogen and oxygen atoms in total. The molecule has 0 aliphatic rings. The minimum atomic E-state index is -0.310. The van der Waals surface area contributed by atoms with Gasteiger partial charge < -0.3 is 16.0 Å². The normalized spacial score (nSPS) is 10.1. The summed E-state index contributed by atoms with van der Waals surface area (Å²) in [5.74, 6) is 0.0285. The van der Waals surface area contributed by atoms with E-state index in [1.54, 1.807) is 24.3 Å². The molecule has 0 saturated carbocycles. The van der Waals surface area contributed by atoms with E-state index in [4.69, 9.17) is 0 Å². The first-order valence-electron chi connectivity index (χ1n) is 7.83. The summed E-state index contributed by atoms with van der Waals surface area (Å²) in [6.07, 6.45) is 5.09. The van der Waals surface area contributed by atoms with Crippen molar-refractivity contribution in [3.63, 3.8) is 0 Å². The van der Waals surface area contributed by atoms with Crippen LogP contribution in [0.2, 0.25) is 0 Å². The Balaban J connectivity index is 1.98. The Morgan fingerprint density at radius 3 is 2.38 bits per heavy atom. The number of anilines is 3. The summed E-state index contributed by atoms with van der Waals surface area (Å²) in [7, 11) is 0. The van der Waals surface area contributed by atoms with Crippen LogP contribution in [0.1, 0.15) is 37.0 Å². The van der Waals surface area contributed by atoms with E-state index < -0.39 is 0 Å². The first kappa shape index (κ1) is 17.4. The van der Waals surface area contributed by atoms with E-state index in [-0.39, 0.29) is 11.8 Å². The number of carbonyl (C=O) groups is 2. The molecule has 126 valence electrons. The lowest BCUT2D eigenvalue weighted by molar-refractivity contribution is -0.114. The van der Waals surface area contributed by atoms with Gasteiger partial charge in [0.25, 0.3) is 5.91 Å². The highest BCUT2D eigenvalue weighted by Crippen LogP contribution is 2.16. The molecule has 1 aromatic heterocycles. The van der Waals surface area contributed by atoms with Crippen LogP contribution in [0.4, 0.5) is 17.3 Å². The molecule has 0 radical (unpaired) electrons. The third-order valence-electron chi connectivity index (χ3n) is 3.17. The van der Waals surface area contributed by atoms with Crippen molar-refractivity contribution < 1.29 is 9.59 Å². The smallest absolute Gasteiger partial charge is 0.258 e. The van der Waals surface area contributed by atoms with Gasteiger partial charge in [0.05, 0.1) is 5.56 Å². The van der Waals surface area contributed by atoms with Crippen LogP contribution in [0.25, 0.3) is 0 Å². The zero-order valence-corrected chi connectivity index (χ0v) is 13.8. The summed E-state index contributed by atoms with van der Waals surface area (Å²) in [4.78, 5) is 31.6. The first-order chi connectivity index (χ1) is 11.6. The summed E-state index contributed by atoms with van der Waals surface area (Å²) < 4.78 is 0. The van der Waals surface area contributed by atoms with Crippen molar-refractivity contribution in [3.05, 3.63) is 42.2 Å². The van der Waals surface area contributed by atoms with Gasteiger partial charge in [-0.25, -0.2) is 9.97 Å². The minimum Gasteiger partial charge on any atom is -0.354 e. The van der Waals surface area contributed by atoms with E-state index in [0.717, 1.165) is 19.4 Å². The van der Waals surface area contributed by atoms with Crippen molar-refractivity contribution in [1.29, 1.82) is 0 Å². The predicted octanol–water partition coefficient (Wildman–Crippen LogP) is 2.90. The maximum atomic E-state index is 12.2. The maximum Gasteiger partial charge on any atom is 0.258 e. The van der Waals surface area contributed by atoms with Crippen LogP contribution >= 0.6 is 0 Å². The number of aromatic nitrogens is 2. The Morgan fingerprint density at radius 1 is 1.08 bits per heavy atom. The molecule has 0 saturated heterocycles. The van der Waals surface area contributed by atoms with Gasteiger partial charge in [-0.1, -0.05) is 19.4 Å². The quantitative estimate of drug-likeness (QED) is 0.680. The fourth-order valence-corrected chi connectivity index (χ4v) is 1.99. The van der Waals surface area contributed by atoms with E-state index in [9.17, 15) is 9.59 Å². The summed E-state index contributed by atoms with van der Waals surface area (Å²) in [5.41, 5.74) is 1.56. The third kappa shape index (κ3) is 5.35. The van der Waals surface area contributed by atoms with E-state index >= 15 is 0 Å². The highest BCUT2D eigenvalue weighted by molar-refractivity contribution is 6.04. The van der Waals surface area contributed by atoms with Gasteiger partial charge in [-0.3, -0.25) is 9.59 Å². The van der Waals surface area contributed by atoms with Crippen molar-refractivity contribution in [2.24, 2.45) is 0 Å². The first-order valence-corrected chi connectivity index (χ1v) is 7.83. The number of hydrogen-bond donors (Lipinski definition) is 3. The molecule has 7 heteroatoms. The molecule has 0 atom stereocenters. The largest absolute Gasteiger partial charge is 0.354 e. The number of nitrogens with one attached hydrogen (secondary N) is 3. The number of rotatable bonds is 7. The Labute approximate surface area is 140 Å². The molecule has 3 N–H and O–H groups in total. The number of unbranched alkanes of at least 4 members (excludes halogenated alkanes) is 1. The van der Waals surface area contributed by atoms with Crippen molar-refractivity contribution in [2.45, 2.75) is 26.7 Å². The fourth-order valence-electron chi connectivity index (χ4n) is 1.99. The Hall–Kier alpha value is -2.96. The van der Waals surface area contributed by atoms with Crippen LogP contribution in [0.15, 0.2) is 36.7 Å². The SMILES string of the molecule is CCCCNc1ncc(C(=O)Nc2cccc(NC(C)=O)c2)cn1. The molecule has 0 bridgehead atoms. The molecule has 1 aromatic carbocycles. The van der Waals surface area contributed by atoms with Gasteiger partial charge in [0.2, 0.25) is 11.9 Å². The van der Waals surface area contributed by atoms with E-state index in [0.29, 0.717) is 22.9 Å². The van der Waals surface area contributed by atoms with Crippen molar-refractivity contribution in [2.75, 3.05) is 22.5 Å². The highest BCUT2D eigenvalue weighted by Gasteiger charge is 2.08. The number of amides is 2. The molecule has 2 rings (SSSR count). The van der Waals surface area contributed by atoms with Crippen molar-refractivity contribution in [3.8, 4) is 0 Å². The minimum absolute atomic E-state index is 0.168. The monoisotopic (exact) mass is 327 g/mol. The summed E-state index contributed by atoms with van der Waals surface area (Å²) in [6, 6.07) is 6.92. The van der Waals surface area contributed by atoms with Gasteiger partial charge in [0.1, 0.15) is 0 Å². The van der Waals surface area contributed by atoms with Crippen LogP contribution in [-0.4, -0.2) is 28.3 Å². The molecule has 0 aliphatic heterocycles. The number of carbonyl (C=O) groups excluding carboxylic acids is 2. The molecule has 2 amide bonds. The molecule has 2 aromatic rings. The van der Waals surface area contributed by atoms with E-state index in [1.807, 2.05) is 0 Å². The Bertz CT molecular complexity index is 700. The molecule has 1 heterocycles. The van der Waals surface area contributed by atoms with Crippen LogP contribution in [0, 0.1) is 0 Å². The molecular weight excluding hydrogens is 306 g/mol. The van der Waals surface area contributed by atoms with Gasteiger partial charge in [-0.15, -0.1) is 0 Å². The maximum absolute atomic E-state index is 12.2. The second kappa shape index (κ2) is 8.61. The Kier molecular flexibility index (Phi) is 6.24. The van der Waals surface area contributed by atoms with Gasteiger partial charge in [-0.2, -0.15) is 0 Å². The van der Waals surface area contributed by atoms with Gasteiger partial charge >= 0.3 is 0 Å². The van der Waals surface area contributed by atoms with Gasteiger partial charge in [0.15, 0.2) is 0 Å². The summed E-state index contributed by atoms with van der Waals surface area (Å²) >= 11 is 0. The van der Waals surface area contributed by atoms with E-state index in [2.05, 4.69) is 32.8 Å². The van der Waals surface area contributed by atoms with Crippen LogP contribution < -0.4 is 16.0 Å². The Morgan fingerprint density at radius 2 is 1.75 bits per heavy atom. The molecule has 24 heavy (non-hydrogen) atoms. The predicted molar refractivity (Wildman–Crippen MR) is 94.1 cm³/mol. The average Bonchev–Trinajstić information content (AvgIpc) is 2.55. The number of nitrogens with zero attached hydrogens (tertiary/aromatic N) is 2.